The number of hydrazone groups is 1. The maximum absolute atomic E-state index is 13.2. The molecule has 1 aliphatic rings. The van der Waals surface area contributed by atoms with E-state index in [1.54, 1.807) is 0 Å². The first-order valence-electron chi connectivity index (χ1n) is 5.61. The van der Waals surface area contributed by atoms with Crippen LogP contribution in [0.3, 0.4) is 0 Å². The zero-order valence-electron chi connectivity index (χ0n) is 9.44. The van der Waals surface area contributed by atoms with E-state index in [1.807, 2.05) is 0 Å². The predicted molar refractivity (Wildman–Crippen MR) is 58.2 cm³/mol. The van der Waals surface area contributed by atoms with Crippen molar-refractivity contribution in [3.8, 4) is 0 Å². The van der Waals surface area contributed by atoms with Crippen LogP contribution in [0.2, 0.25) is 0 Å². The van der Waals surface area contributed by atoms with Crippen LogP contribution in [0.25, 0.3) is 0 Å². The minimum atomic E-state index is -1.69. The number of halogens is 4. The summed E-state index contributed by atoms with van der Waals surface area (Å²) in [7, 11) is 0. The molecule has 1 N–H and O–H groups in total. The summed E-state index contributed by atoms with van der Waals surface area (Å²) in [5.41, 5.74) is 1.84. The Hall–Kier alpha value is -1.66. The zero-order valence-corrected chi connectivity index (χ0v) is 9.44. The van der Waals surface area contributed by atoms with Crippen LogP contribution in [0.4, 0.5) is 23.2 Å². The number of nitrogens with zero attached hydrogens (tertiary/aromatic N) is 2. The van der Waals surface area contributed by atoms with Crippen molar-refractivity contribution in [2.24, 2.45) is 5.10 Å². The average Bonchev–Trinajstić information content (AvgIpc) is 2.38. The first-order chi connectivity index (χ1) is 8.59. The number of anilines is 1. The molecule has 98 valence electrons. The lowest BCUT2D eigenvalue weighted by Crippen LogP contribution is -2.10. The fourth-order valence-corrected chi connectivity index (χ4v) is 1.79. The molecule has 0 unspecified atom stereocenters. The standard InChI is InChI=1S/C11H11F4N3/c12-7-9(8(13)11(15)16-10(7)14)18-17-6-4-2-1-3-5-6/h1-5H2,(H,16,18). The highest BCUT2D eigenvalue weighted by Gasteiger charge is 2.20. The summed E-state index contributed by atoms with van der Waals surface area (Å²) in [4.78, 5) is 2.46. The van der Waals surface area contributed by atoms with Crippen molar-refractivity contribution in [3.63, 3.8) is 0 Å². The van der Waals surface area contributed by atoms with Gasteiger partial charge in [0.05, 0.1) is 0 Å². The molecule has 0 aliphatic heterocycles. The van der Waals surface area contributed by atoms with Crippen LogP contribution in [-0.2, 0) is 0 Å². The van der Waals surface area contributed by atoms with E-state index < -0.39 is 29.2 Å². The summed E-state index contributed by atoms with van der Waals surface area (Å²) in [6.45, 7) is 0. The van der Waals surface area contributed by atoms with Crippen molar-refractivity contribution >= 4 is 11.4 Å². The molecule has 0 saturated heterocycles. The van der Waals surface area contributed by atoms with Crippen molar-refractivity contribution in [2.75, 3.05) is 5.43 Å². The Balaban J connectivity index is 2.23. The van der Waals surface area contributed by atoms with Gasteiger partial charge in [-0.05, 0) is 25.7 Å². The molecule has 0 aromatic carbocycles. The van der Waals surface area contributed by atoms with E-state index in [1.165, 1.54) is 0 Å². The minimum Gasteiger partial charge on any atom is -0.272 e. The number of nitrogens with one attached hydrogen (secondary N) is 1. The topological polar surface area (TPSA) is 37.3 Å². The second-order valence-corrected chi connectivity index (χ2v) is 4.05. The van der Waals surface area contributed by atoms with Crippen molar-refractivity contribution < 1.29 is 17.6 Å². The van der Waals surface area contributed by atoms with Gasteiger partial charge in [-0.25, -0.2) is 0 Å². The summed E-state index contributed by atoms with van der Waals surface area (Å²) in [5.74, 6) is -6.54. The maximum atomic E-state index is 13.2. The Labute approximate surface area is 101 Å². The smallest absolute Gasteiger partial charge is 0.254 e. The summed E-state index contributed by atoms with van der Waals surface area (Å²) < 4.78 is 52.1. The third-order valence-electron chi connectivity index (χ3n) is 2.75. The highest BCUT2D eigenvalue weighted by atomic mass is 19.2. The van der Waals surface area contributed by atoms with Gasteiger partial charge in [0.2, 0.25) is 11.6 Å². The Kier molecular flexibility index (Phi) is 3.78. The third kappa shape index (κ3) is 2.60. The fraction of sp³-hybridized carbons (Fsp3) is 0.455. The second kappa shape index (κ2) is 5.32. The predicted octanol–water partition coefficient (Wildman–Crippen LogP) is 3.37. The molecule has 0 bridgehead atoms. The van der Waals surface area contributed by atoms with Crippen molar-refractivity contribution in [3.05, 3.63) is 23.5 Å². The molecule has 1 aliphatic carbocycles. The van der Waals surface area contributed by atoms with Gasteiger partial charge in [-0.2, -0.15) is 27.6 Å². The molecular weight excluding hydrogens is 250 g/mol. The van der Waals surface area contributed by atoms with Gasteiger partial charge in [0.15, 0.2) is 0 Å². The summed E-state index contributed by atoms with van der Waals surface area (Å²) in [6.07, 6.45) is 4.41. The number of pyridine rings is 1. The van der Waals surface area contributed by atoms with Gasteiger partial charge in [0, 0.05) is 5.71 Å². The van der Waals surface area contributed by atoms with Crippen molar-refractivity contribution in [1.82, 2.24) is 4.98 Å². The number of aromatic nitrogens is 1. The normalized spacial score (nSPS) is 15.7. The molecule has 1 aromatic rings. The SMILES string of the molecule is Fc1nc(F)c(F)c(NN=C2CCCCC2)c1F. The molecule has 0 atom stereocenters. The van der Waals surface area contributed by atoms with Crippen LogP contribution in [0.5, 0.6) is 0 Å². The second-order valence-electron chi connectivity index (χ2n) is 4.05. The molecule has 3 nitrogen and oxygen atoms in total. The maximum Gasteiger partial charge on any atom is 0.254 e. The van der Waals surface area contributed by atoms with Crippen LogP contribution in [-0.4, -0.2) is 10.7 Å². The van der Waals surface area contributed by atoms with E-state index in [9.17, 15) is 17.6 Å². The lowest BCUT2D eigenvalue weighted by molar-refractivity contribution is 0.411. The van der Waals surface area contributed by atoms with Gasteiger partial charge < -0.3 is 0 Å². The van der Waals surface area contributed by atoms with Gasteiger partial charge in [-0.15, -0.1) is 0 Å². The number of hydrogen-bond acceptors (Lipinski definition) is 3. The van der Waals surface area contributed by atoms with Crippen LogP contribution < -0.4 is 5.43 Å². The third-order valence-corrected chi connectivity index (χ3v) is 2.75. The van der Waals surface area contributed by atoms with E-state index in [0.29, 0.717) is 12.8 Å². The van der Waals surface area contributed by atoms with Crippen LogP contribution in [0.1, 0.15) is 32.1 Å². The van der Waals surface area contributed by atoms with E-state index in [2.05, 4.69) is 15.5 Å². The van der Waals surface area contributed by atoms with E-state index >= 15 is 0 Å². The molecule has 0 spiro atoms. The first-order valence-corrected chi connectivity index (χ1v) is 5.61. The Morgan fingerprint density at radius 3 is 2.00 bits per heavy atom. The van der Waals surface area contributed by atoms with E-state index in [4.69, 9.17) is 0 Å². The minimum absolute atomic E-state index is 0.715. The molecule has 2 rings (SSSR count). The lowest BCUT2D eigenvalue weighted by Gasteiger charge is -2.13. The van der Waals surface area contributed by atoms with Crippen molar-refractivity contribution in [1.29, 1.82) is 0 Å². The van der Waals surface area contributed by atoms with Crippen LogP contribution >= 0.6 is 0 Å². The van der Waals surface area contributed by atoms with Gasteiger partial charge in [-0.1, -0.05) is 6.42 Å². The zero-order chi connectivity index (χ0) is 13.1. The Bertz CT molecular complexity index is 453. The number of hydrogen-bond donors (Lipinski definition) is 1. The van der Waals surface area contributed by atoms with Crippen LogP contribution in [0, 0.1) is 23.5 Å². The number of rotatable bonds is 2. The van der Waals surface area contributed by atoms with Gasteiger partial charge in [0.1, 0.15) is 5.69 Å². The average molecular weight is 261 g/mol. The van der Waals surface area contributed by atoms with Gasteiger partial charge in [-0.3, -0.25) is 5.43 Å². The molecule has 18 heavy (non-hydrogen) atoms. The molecular formula is C11H11F4N3. The van der Waals surface area contributed by atoms with E-state index in [0.717, 1.165) is 25.0 Å². The molecule has 0 radical (unpaired) electrons. The molecule has 0 amide bonds. The lowest BCUT2D eigenvalue weighted by atomic mass is 9.99. The largest absolute Gasteiger partial charge is 0.272 e. The molecule has 1 aromatic heterocycles. The summed E-state index contributed by atoms with van der Waals surface area (Å²) >= 11 is 0. The molecule has 1 fully saturated rings. The van der Waals surface area contributed by atoms with Crippen LogP contribution in [0.15, 0.2) is 5.10 Å². The summed E-state index contributed by atoms with van der Waals surface area (Å²) in [5, 5.41) is 3.78. The summed E-state index contributed by atoms with van der Waals surface area (Å²) in [6, 6.07) is 0. The monoisotopic (exact) mass is 261 g/mol. The van der Waals surface area contributed by atoms with Gasteiger partial charge in [0.25, 0.3) is 11.9 Å². The first kappa shape index (κ1) is 12.8. The Morgan fingerprint density at radius 1 is 0.889 bits per heavy atom. The molecule has 1 heterocycles. The highest BCUT2D eigenvalue weighted by Crippen LogP contribution is 2.22. The highest BCUT2D eigenvalue weighted by molar-refractivity contribution is 5.85. The molecule has 1 saturated carbocycles. The Morgan fingerprint density at radius 2 is 1.44 bits per heavy atom. The van der Waals surface area contributed by atoms with Crippen molar-refractivity contribution in [2.45, 2.75) is 32.1 Å². The van der Waals surface area contributed by atoms with E-state index in [-0.39, 0.29) is 0 Å². The molecule has 7 heteroatoms. The quantitative estimate of drug-likeness (QED) is 0.503. The fourth-order valence-electron chi connectivity index (χ4n) is 1.79. The van der Waals surface area contributed by atoms with Gasteiger partial charge >= 0.3 is 0 Å².